The molecule has 0 saturated heterocycles. The lowest BCUT2D eigenvalue weighted by Crippen LogP contribution is -2.43. The van der Waals surface area contributed by atoms with Crippen molar-refractivity contribution >= 4 is 55.3 Å². The molecule has 7 heteroatoms. The lowest BCUT2D eigenvalue weighted by Gasteiger charge is -2.17. The quantitative estimate of drug-likeness (QED) is 0.653. The molecule has 1 amide bonds. The number of rotatable bonds is 5. The largest absolute Gasteiger partial charge is 0.467 e. The SMILES string of the molecule is COC(=O)[C@@H](Cc1cc(Cl)ccc1Br)NC(=O)c1cccc(Br)c1. The minimum atomic E-state index is -0.823. The van der Waals surface area contributed by atoms with E-state index < -0.39 is 12.0 Å². The molecule has 2 aromatic rings. The van der Waals surface area contributed by atoms with Gasteiger partial charge in [0.25, 0.3) is 5.91 Å². The summed E-state index contributed by atoms with van der Waals surface area (Å²) in [7, 11) is 1.29. The van der Waals surface area contributed by atoms with E-state index in [9.17, 15) is 9.59 Å². The fourth-order valence-corrected chi connectivity index (χ4v) is 3.13. The predicted molar refractivity (Wildman–Crippen MR) is 100 cm³/mol. The number of benzene rings is 2. The lowest BCUT2D eigenvalue weighted by atomic mass is 10.1. The first-order valence-corrected chi connectivity index (χ1v) is 8.95. The highest BCUT2D eigenvalue weighted by atomic mass is 79.9. The topological polar surface area (TPSA) is 55.4 Å². The van der Waals surface area contributed by atoms with Gasteiger partial charge in [0.2, 0.25) is 0 Å². The van der Waals surface area contributed by atoms with E-state index in [0.717, 1.165) is 14.5 Å². The second kappa shape index (κ2) is 8.65. The molecule has 0 aliphatic heterocycles. The van der Waals surface area contributed by atoms with Gasteiger partial charge in [-0.15, -0.1) is 0 Å². The zero-order valence-corrected chi connectivity index (χ0v) is 16.6. The Labute approximate surface area is 161 Å². The van der Waals surface area contributed by atoms with Crippen molar-refractivity contribution in [1.82, 2.24) is 5.32 Å². The first-order valence-electron chi connectivity index (χ1n) is 6.99. The van der Waals surface area contributed by atoms with E-state index in [0.29, 0.717) is 10.6 Å². The van der Waals surface area contributed by atoms with E-state index in [-0.39, 0.29) is 12.3 Å². The molecule has 0 spiro atoms. The Kier molecular flexibility index (Phi) is 6.83. The summed E-state index contributed by atoms with van der Waals surface area (Å²) >= 11 is 12.7. The summed E-state index contributed by atoms with van der Waals surface area (Å²) in [5, 5.41) is 3.26. The van der Waals surface area contributed by atoms with E-state index in [1.54, 1.807) is 36.4 Å². The molecule has 0 heterocycles. The third-order valence-corrected chi connectivity index (χ3v) is 4.81. The Balaban J connectivity index is 2.21. The van der Waals surface area contributed by atoms with Crippen LogP contribution in [0.25, 0.3) is 0 Å². The zero-order chi connectivity index (χ0) is 17.7. The average molecular weight is 476 g/mol. The maximum atomic E-state index is 12.4. The summed E-state index contributed by atoms with van der Waals surface area (Å²) in [5.41, 5.74) is 1.25. The number of amides is 1. The van der Waals surface area contributed by atoms with Gasteiger partial charge in [0.05, 0.1) is 7.11 Å². The number of esters is 1. The van der Waals surface area contributed by atoms with Crippen LogP contribution in [-0.4, -0.2) is 25.0 Å². The summed E-state index contributed by atoms with van der Waals surface area (Å²) in [6, 6.07) is 11.4. The number of ether oxygens (including phenoxy) is 1. The maximum absolute atomic E-state index is 12.4. The van der Waals surface area contributed by atoms with Crippen LogP contribution in [0.2, 0.25) is 5.02 Å². The van der Waals surface area contributed by atoms with Crippen LogP contribution in [0, 0.1) is 0 Å². The van der Waals surface area contributed by atoms with E-state index in [1.807, 2.05) is 6.07 Å². The van der Waals surface area contributed by atoms with Crippen LogP contribution in [0.1, 0.15) is 15.9 Å². The lowest BCUT2D eigenvalue weighted by molar-refractivity contribution is -0.142. The monoisotopic (exact) mass is 473 g/mol. The minimum Gasteiger partial charge on any atom is -0.467 e. The van der Waals surface area contributed by atoms with Crippen molar-refractivity contribution in [2.75, 3.05) is 7.11 Å². The number of hydrogen-bond donors (Lipinski definition) is 1. The van der Waals surface area contributed by atoms with Crippen molar-refractivity contribution in [3.8, 4) is 0 Å². The number of nitrogens with one attached hydrogen (secondary N) is 1. The van der Waals surface area contributed by atoms with Crippen LogP contribution >= 0.6 is 43.5 Å². The van der Waals surface area contributed by atoms with Crippen molar-refractivity contribution in [2.24, 2.45) is 0 Å². The molecule has 0 aliphatic carbocycles. The van der Waals surface area contributed by atoms with Crippen LogP contribution in [0.3, 0.4) is 0 Å². The van der Waals surface area contributed by atoms with E-state index >= 15 is 0 Å². The fraction of sp³-hybridized carbons (Fsp3) is 0.176. The number of hydrogen-bond acceptors (Lipinski definition) is 3. The smallest absolute Gasteiger partial charge is 0.328 e. The van der Waals surface area contributed by atoms with Crippen LogP contribution in [0.4, 0.5) is 0 Å². The van der Waals surface area contributed by atoms with Gasteiger partial charge in [0.15, 0.2) is 0 Å². The summed E-state index contributed by atoms with van der Waals surface area (Å²) in [5.74, 6) is -0.880. The van der Waals surface area contributed by atoms with Gasteiger partial charge in [-0.1, -0.05) is 49.5 Å². The molecule has 0 radical (unpaired) electrons. The third kappa shape index (κ3) is 5.06. The molecule has 126 valence electrons. The molecular formula is C17H14Br2ClNO3. The van der Waals surface area contributed by atoms with Crippen LogP contribution in [0.5, 0.6) is 0 Å². The van der Waals surface area contributed by atoms with E-state index in [2.05, 4.69) is 37.2 Å². The summed E-state index contributed by atoms with van der Waals surface area (Å²) in [6.07, 6.45) is 0.257. The molecule has 0 bridgehead atoms. The van der Waals surface area contributed by atoms with Gasteiger partial charge in [-0.3, -0.25) is 4.79 Å². The highest BCUT2D eigenvalue weighted by Crippen LogP contribution is 2.23. The second-order valence-corrected chi connectivity index (χ2v) is 7.21. The van der Waals surface area contributed by atoms with Gasteiger partial charge in [0, 0.05) is 26.0 Å². The first-order chi connectivity index (χ1) is 11.4. The Morgan fingerprint density at radius 1 is 1.21 bits per heavy atom. The van der Waals surface area contributed by atoms with E-state index in [1.165, 1.54) is 7.11 Å². The Morgan fingerprint density at radius 2 is 1.96 bits per heavy atom. The molecule has 2 aromatic carbocycles. The average Bonchev–Trinajstić information content (AvgIpc) is 2.56. The summed E-state index contributed by atoms with van der Waals surface area (Å²) < 4.78 is 6.39. The molecule has 0 aromatic heterocycles. The van der Waals surface area contributed by atoms with Gasteiger partial charge in [-0.2, -0.15) is 0 Å². The van der Waals surface area contributed by atoms with Gasteiger partial charge >= 0.3 is 5.97 Å². The van der Waals surface area contributed by atoms with Crippen molar-refractivity contribution in [3.63, 3.8) is 0 Å². The van der Waals surface area contributed by atoms with Gasteiger partial charge in [0.1, 0.15) is 6.04 Å². The molecule has 1 N–H and O–H groups in total. The molecule has 0 fully saturated rings. The maximum Gasteiger partial charge on any atom is 0.328 e. The molecule has 4 nitrogen and oxygen atoms in total. The van der Waals surface area contributed by atoms with Crippen molar-refractivity contribution in [1.29, 1.82) is 0 Å². The van der Waals surface area contributed by atoms with Crippen molar-refractivity contribution in [3.05, 3.63) is 67.6 Å². The zero-order valence-electron chi connectivity index (χ0n) is 12.7. The van der Waals surface area contributed by atoms with Crippen LogP contribution in [0.15, 0.2) is 51.4 Å². The molecule has 1 atom stereocenters. The molecule has 24 heavy (non-hydrogen) atoms. The standard InChI is InChI=1S/C17H14Br2ClNO3/c1-24-17(23)15(9-11-8-13(20)5-6-14(11)19)21-16(22)10-3-2-4-12(18)7-10/h2-8,15H,9H2,1H3,(H,21,22)/t15-/m1/s1. The van der Waals surface area contributed by atoms with Gasteiger partial charge in [-0.25, -0.2) is 4.79 Å². The normalized spacial score (nSPS) is 11.7. The number of carbonyl (C=O) groups is 2. The van der Waals surface area contributed by atoms with Gasteiger partial charge in [-0.05, 0) is 42.0 Å². The van der Waals surface area contributed by atoms with Gasteiger partial charge < -0.3 is 10.1 Å². The number of methoxy groups -OCH3 is 1. The summed E-state index contributed by atoms with van der Waals surface area (Å²) in [6.45, 7) is 0. The molecular weight excluding hydrogens is 461 g/mol. The Morgan fingerprint density at radius 3 is 2.62 bits per heavy atom. The minimum absolute atomic E-state index is 0.257. The van der Waals surface area contributed by atoms with E-state index in [4.69, 9.17) is 16.3 Å². The number of carbonyl (C=O) groups excluding carboxylic acids is 2. The van der Waals surface area contributed by atoms with Crippen molar-refractivity contribution < 1.29 is 14.3 Å². The Bertz CT molecular complexity index is 767. The predicted octanol–water partition coefficient (Wildman–Crippen LogP) is 4.38. The first kappa shape index (κ1) is 19.0. The van der Waals surface area contributed by atoms with Crippen molar-refractivity contribution in [2.45, 2.75) is 12.5 Å². The Hall–Kier alpha value is -1.37. The molecule has 2 rings (SSSR count). The third-order valence-electron chi connectivity index (χ3n) is 3.31. The molecule has 0 saturated carbocycles. The highest BCUT2D eigenvalue weighted by Gasteiger charge is 2.23. The molecule has 0 unspecified atom stereocenters. The highest BCUT2D eigenvalue weighted by molar-refractivity contribution is 9.10. The summed E-state index contributed by atoms with van der Waals surface area (Å²) in [4.78, 5) is 24.4. The molecule has 0 aliphatic rings. The second-order valence-electron chi connectivity index (χ2n) is 5.00. The van der Waals surface area contributed by atoms with Crippen LogP contribution < -0.4 is 5.32 Å². The fourth-order valence-electron chi connectivity index (χ4n) is 2.13. The number of halogens is 3. The van der Waals surface area contributed by atoms with Crippen LogP contribution in [-0.2, 0) is 16.0 Å².